The van der Waals surface area contributed by atoms with Crippen LogP contribution in [-0.4, -0.2) is 16.1 Å². The van der Waals surface area contributed by atoms with E-state index in [1.807, 2.05) is 24.3 Å². The van der Waals surface area contributed by atoms with Crippen LogP contribution < -0.4 is 0 Å². The fourth-order valence-corrected chi connectivity index (χ4v) is 2.92. The topological polar surface area (TPSA) is 53.1 Å². The quantitative estimate of drug-likeness (QED) is 0.898. The van der Waals surface area contributed by atoms with Crippen LogP contribution in [0.15, 0.2) is 30.3 Å². The van der Waals surface area contributed by atoms with Crippen LogP contribution in [0.2, 0.25) is 5.02 Å². The van der Waals surface area contributed by atoms with E-state index in [0.717, 1.165) is 35.5 Å². The molecule has 0 amide bonds. The summed E-state index contributed by atoms with van der Waals surface area (Å²) < 4.78 is 0. The minimum absolute atomic E-state index is 0.297. The lowest BCUT2D eigenvalue weighted by molar-refractivity contribution is 0.0691. The third-order valence-electron chi connectivity index (χ3n) is 3.74. The van der Waals surface area contributed by atoms with Gasteiger partial charge in [0.05, 0.1) is 0 Å². The van der Waals surface area contributed by atoms with Gasteiger partial charge in [-0.05, 0) is 54.5 Å². The van der Waals surface area contributed by atoms with E-state index in [0.29, 0.717) is 11.6 Å². The number of aromatic nitrogens is 1. The van der Waals surface area contributed by atoms with E-state index in [1.165, 1.54) is 5.56 Å². The molecule has 0 aliphatic heterocycles. The van der Waals surface area contributed by atoms with Crippen LogP contribution in [-0.2, 0) is 12.8 Å². The van der Waals surface area contributed by atoms with Crippen LogP contribution in [0.25, 0.3) is 0 Å². The van der Waals surface area contributed by atoms with E-state index in [2.05, 4.69) is 4.98 Å². The minimum Gasteiger partial charge on any atom is -0.477 e. The van der Waals surface area contributed by atoms with Gasteiger partial charge in [0.15, 0.2) is 0 Å². The molecule has 1 heterocycles. The Morgan fingerprint density at radius 3 is 2.79 bits per heavy atom. The summed E-state index contributed by atoms with van der Waals surface area (Å²) in [4.78, 5) is 14.0. The molecule has 0 unspecified atom stereocenters. The molecule has 98 valence electrons. The Bertz CT molecular complexity index is 616. The van der Waals surface area contributed by atoms with Gasteiger partial charge in [-0.25, -0.2) is 4.79 Å². The third-order valence-corrected chi connectivity index (χ3v) is 3.99. The molecule has 0 bridgehead atoms. The highest BCUT2D eigenvalue weighted by Gasteiger charge is 2.26. The lowest BCUT2D eigenvalue weighted by atomic mass is 9.95. The number of fused-ring (bicyclic) bond motifs is 1. The molecule has 0 saturated carbocycles. The van der Waals surface area contributed by atoms with E-state index >= 15 is 0 Å². The predicted octanol–water partition coefficient (Wildman–Crippen LogP) is 3.64. The third kappa shape index (κ3) is 2.38. The molecule has 3 rings (SSSR count). The number of rotatable bonds is 3. The SMILES string of the molecule is O=C(O)c1cc2c([nH]1)CC[C@H]2Cc1ccc(Cl)cc1. The lowest BCUT2D eigenvalue weighted by Crippen LogP contribution is -1.99. The lowest BCUT2D eigenvalue weighted by Gasteiger charge is -2.10. The first-order chi connectivity index (χ1) is 9.13. The second-order valence-electron chi connectivity index (χ2n) is 4.99. The van der Waals surface area contributed by atoms with E-state index in [4.69, 9.17) is 16.7 Å². The summed E-state index contributed by atoms with van der Waals surface area (Å²) >= 11 is 5.88. The van der Waals surface area contributed by atoms with Crippen molar-refractivity contribution in [3.8, 4) is 0 Å². The smallest absolute Gasteiger partial charge is 0.352 e. The van der Waals surface area contributed by atoms with Gasteiger partial charge in [-0.1, -0.05) is 23.7 Å². The minimum atomic E-state index is -0.889. The summed E-state index contributed by atoms with van der Waals surface area (Å²) in [5.41, 5.74) is 3.77. The van der Waals surface area contributed by atoms with Gasteiger partial charge in [-0.3, -0.25) is 0 Å². The van der Waals surface area contributed by atoms with E-state index in [1.54, 1.807) is 6.07 Å². The van der Waals surface area contributed by atoms with E-state index in [-0.39, 0.29) is 0 Å². The number of nitrogens with one attached hydrogen (secondary N) is 1. The van der Waals surface area contributed by atoms with Gasteiger partial charge in [0.2, 0.25) is 0 Å². The molecule has 1 aromatic carbocycles. The molecule has 0 saturated heterocycles. The number of halogens is 1. The highest BCUT2D eigenvalue weighted by molar-refractivity contribution is 6.30. The highest BCUT2D eigenvalue weighted by Crippen LogP contribution is 2.36. The Hall–Kier alpha value is -1.74. The van der Waals surface area contributed by atoms with Crippen molar-refractivity contribution in [3.05, 3.63) is 57.9 Å². The standard InChI is InChI=1S/C15H14ClNO2/c16-11-4-1-9(2-5-11)7-10-3-6-13-12(10)8-14(17-13)15(18)19/h1-2,4-5,8,10,17H,3,6-7H2,(H,18,19)/t10-/m0/s1. The normalized spacial score (nSPS) is 17.4. The zero-order chi connectivity index (χ0) is 13.4. The number of hydrogen-bond donors (Lipinski definition) is 2. The number of aromatic carboxylic acids is 1. The number of benzene rings is 1. The average molecular weight is 276 g/mol. The average Bonchev–Trinajstić information content (AvgIpc) is 2.94. The number of carbonyl (C=O) groups is 1. The van der Waals surface area contributed by atoms with Gasteiger partial charge in [0, 0.05) is 10.7 Å². The molecule has 1 aliphatic carbocycles. The molecular weight excluding hydrogens is 262 g/mol. The fraction of sp³-hybridized carbons (Fsp3) is 0.267. The first-order valence-electron chi connectivity index (χ1n) is 6.33. The van der Waals surface area contributed by atoms with Crippen molar-refractivity contribution in [2.75, 3.05) is 0 Å². The summed E-state index contributed by atoms with van der Waals surface area (Å²) in [6, 6.07) is 9.64. The molecule has 0 radical (unpaired) electrons. The van der Waals surface area contributed by atoms with Crippen molar-refractivity contribution >= 4 is 17.6 Å². The summed E-state index contributed by atoms with van der Waals surface area (Å²) in [5.74, 6) is -0.486. The van der Waals surface area contributed by atoms with Crippen molar-refractivity contribution in [2.24, 2.45) is 0 Å². The molecule has 1 aromatic heterocycles. The molecule has 3 nitrogen and oxygen atoms in total. The highest BCUT2D eigenvalue weighted by atomic mass is 35.5. The molecule has 2 aromatic rings. The van der Waals surface area contributed by atoms with Crippen LogP contribution in [0.4, 0.5) is 0 Å². The maximum absolute atomic E-state index is 11.0. The van der Waals surface area contributed by atoms with Crippen LogP contribution in [0.5, 0.6) is 0 Å². The van der Waals surface area contributed by atoms with Gasteiger partial charge in [0.1, 0.15) is 5.69 Å². The Balaban J connectivity index is 1.82. The van der Waals surface area contributed by atoms with Gasteiger partial charge in [0.25, 0.3) is 0 Å². The second kappa shape index (κ2) is 4.74. The fourth-order valence-electron chi connectivity index (χ4n) is 2.79. The molecule has 0 fully saturated rings. The Morgan fingerprint density at radius 2 is 2.11 bits per heavy atom. The number of H-pyrrole nitrogens is 1. The van der Waals surface area contributed by atoms with Gasteiger partial charge in [-0.15, -0.1) is 0 Å². The van der Waals surface area contributed by atoms with Crippen molar-refractivity contribution in [1.82, 2.24) is 4.98 Å². The van der Waals surface area contributed by atoms with Gasteiger partial charge < -0.3 is 10.1 Å². The first-order valence-corrected chi connectivity index (χ1v) is 6.71. The van der Waals surface area contributed by atoms with Crippen LogP contribution in [0.1, 0.15) is 39.6 Å². The zero-order valence-electron chi connectivity index (χ0n) is 10.3. The van der Waals surface area contributed by atoms with Crippen molar-refractivity contribution in [2.45, 2.75) is 25.2 Å². The summed E-state index contributed by atoms with van der Waals surface area (Å²) in [5, 5.41) is 9.74. The summed E-state index contributed by atoms with van der Waals surface area (Å²) in [7, 11) is 0. The molecule has 2 N–H and O–H groups in total. The van der Waals surface area contributed by atoms with Crippen LogP contribution in [0.3, 0.4) is 0 Å². The molecule has 19 heavy (non-hydrogen) atoms. The maximum atomic E-state index is 11.0. The summed E-state index contributed by atoms with van der Waals surface area (Å²) in [6.45, 7) is 0. The monoisotopic (exact) mass is 275 g/mol. The van der Waals surface area contributed by atoms with Crippen LogP contribution >= 0.6 is 11.6 Å². The molecule has 0 spiro atoms. The van der Waals surface area contributed by atoms with E-state index < -0.39 is 5.97 Å². The number of carboxylic acid groups (broad SMARTS) is 1. The number of aryl methyl sites for hydroxylation is 1. The maximum Gasteiger partial charge on any atom is 0.352 e. The molecule has 1 aliphatic rings. The number of hydrogen-bond acceptors (Lipinski definition) is 1. The second-order valence-corrected chi connectivity index (χ2v) is 5.42. The largest absolute Gasteiger partial charge is 0.477 e. The number of aromatic amines is 1. The molecular formula is C15H14ClNO2. The molecule has 4 heteroatoms. The van der Waals surface area contributed by atoms with Crippen molar-refractivity contribution in [1.29, 1.82) is 0 Å². The Labute approximate surface area is 116 Å². The first kappa shape index (κ1) is 12.3. The zero-order valence-corrected chi connectivity index (χ0v) is 11.1. The number of carboxylic acids is 1. The van der Waals surface area contributed by atoms with Gasteiger partial charge in [-0.2, -0.15) is 0 Å². The Morgan fingerprint density at radius 1 is 1.37 bits per heavy atom. The van der Waals surface area contributed by atoms with Crippen molar-refractivity contribution < 1.29 is 9.90 Å². The van der Waals surface area contributed by atoms with Gasteiger partial charge >= 0.3 is 5.97 Å². The summed E-state index contributed by atoms with van der Waals surface area (Å²) in [6.07, 6.45) is 2.94. The van der Waals surface area contributed by atoms with Crippen molar-refractivity contribution in [3.63, 3.8) is 0 Å². The predicted molar refractivity (Wildman–Crippen MR) is 74.0 cm³/mol. The van der Waals surface area contributed by atoms with Crippen LogP contribution in [0, 0.1) is 0 Å². The van der Waals surface area contributed by atoms with E-state index in [9.17, 15) is 4.79 Å². The Kier molecular flexibility index (Phi) is 3.07. The molecule has 1 atom stereocenters.